The summed E-state index contributed by atoms with van der Waals surface area (Å²) < 4.78 is 31.7. The molecule has 1 atom stereocenters. The van der Waals surface area contributed by atoms with Crippen LogP contribution in [0.2, 0.25) is 0 Å². The van der Waals surface area contributed by atoms with Crippen molar-refractivity contribution in [3.8, 4) is 5.75 Å². The third kappa shape index (κ3) is 3.16. The van der Waals surface area contributed by atoms with Gasteiger partial charge in [-0.25, -0.2) is 8.78 Å². The zero-order chi connectivity index (χ0) is 13.9. The van der Waals surface area contributed by atoms with Crippen molar-refractivity contribution < 1.29 is 18.3 Å². The Balaban J connectivity index is 2.92. The number of carbonyl (C=O) groups excluding carboxylic acids is 1. The number of ether oxygens (including phenoxy) is 1. The highest BCUT2D eigenvalue weighted by Crippen LogP contribution is 2.22. The number of benzene rings is 1. The molecule has 18 heavy (non-hydrogen) atoms. The lowest BCUT2D eigenvalue weighted by molar-refractivity contribution is -0.131. The summed E-state index contributed by atoms with van der Waals surface area (Å²) in [5, 5.41) is 0. The molecule has 0 saturated carbocycles. The minimum absolute atomic E-state index is 0.0485. The quantitative estimate of drug-likeness (QED) is 0.885. The highest BCUT2D eigenvalue weighted by molar-refractivity contribution is 5.80. The number of hydrogen-bond donors (Lipinski definition) is 1. The Morgan fingerprint density at radius 1 is 1.44 bits per heavy atom. The van der Waals surface area contributed by atoms with E-state index < -0.39 is 17.7 Å². The van der Waals surface area contributed by atoms with Crippen LogP contribution in [0, 0.1) is 11.6 Å². The molecule has 1 rings (SSSR count). The Hall–Kier alpha value is -1.69. The second-order valence-corrected chi connectivity index (χ2v) is 4.06. The van der Waals surface area contributed by atoms with Crippen molar-refractivity contribution >= 4 is 5.91 Å². The first-order chi connectivity index (χ1) is 8.36. The van der Waals surface area contributed by atoms with Crippen LogP contribution in [-0.4, -0.2) is 31.0 Å². The lowest BCUT2D eigenvalue weighted by atomic mass is 10.1. The summed E-state index contributed by atoms with van der Waals surface area (Å²) in [4.78, 5) is 12.8. The van der Waals surface area contributed by atoms with E-state index in [1.165, 1.54) is 26.0 Å². The number of likely N-dealkylation sites (N-methyl/N-ethyl adjacent to an activating group) is 1. The van der Waals surface area contributed by atoms with Gasteiger partial charge in [-0.05, 0) is 13.0 Å². The Labute approximate surface area is 104 Å². The highest BCUT2D eigenvalue weighted by atomic mass is 19.1. The molecule has 0 saturated heterocycles. The fourth-order valence-electron chi connectivity index (χ4n) is 1.53. The molecule has 1 aromatic rings. The molecule has 0 bridgehead atoms. The summed E-state index contributed by atoms with van der Waals surface area (Å²) >= 11 is 0. The Morgan fingerprint density at radius 3 is 2.56 bits per heavy atom. The van der Waals surface area contributed by atoms with E-state index in [9.17, 15) is 13.6 Å². The zero-order valence-corrected chi connectivity index (χ0v) is 10.5. The predicted octanol–water partition coefficient (Wildman–Crippen LogP) is 1.28. The van der Waals surface area contributed by atoms with E-state index in [1.54, 1.807) is 0 Å². The average molecular weight is 258 g/mol. The average Bonchev–Trinajstić information content (AvgIpc) is 2.32. The van der Waals surface area contributed by atoms with Crippen LogP contribution in [0.25, 0.3) is 0 Å². The number of nitrogens with two attached hydrogens (primary N) is 1. The second kappa shape index (κ2) is 5.77. The van der Waals surface area contributed by atoms with E-state index in [0.29, 0.717) is 0 Å². The molecule has 0 aliphatic carbocycles. The van der Waals surface area contributed by atoms with Crippen molar-refractivity contribution in [2.45, 2.75) is 19.5 Å². The van der Waals surface area contributed by atoms with Crippen LogP contribution in [0.5, 0.6) is 5.75 Å². The predicted molar refractivity (Wildman–Crippen MR) is 63.0 cm³/mol. The lowest BCUT2D eigenvalue weighted by Crippen LogP contribution is -2.39. The minimum Gasteiger partial charge on any atom is -0.494 e. The maximum absolute atomic E-state index is 13.6. The normalized spacial score (nSPS) is 12.1. The Bertz CT molecular complexity index is 450. The van der Waals surface area contributed by atoms with Crippen LogP contribution in [0.1, 0.15) is 12.5 Å². The molecule has 4 nitrogen and oxygen atoms in total. The van der Waals surface area contributed by atoms with Crippen molar-refractivity contribution in [3.63, 3.8) is 0 Å². The SMILES string of the molecule is COc1cc(F)c(CN(C)C(=O)C(C)N)cc1F. The Morgan fingerprint density at radius 2 is 2.06 bits per heavy atom. The van der Waals surface area contributed by atoms with Gasteiger partial charge < -0.3 is 15.4 Å². The molecular weight excluding hydrogens is 242 g/mol. The summed E-state index contributed by atoms with van der Waals surface area (Å²) in [7, 11) is 2.73. The zero-order valence-electron chi connectivity index (χ0n) is 10.5. The minimum atomic E-state index is -0.679. The van der Waals surface area contributed by atoms with E-state index in [1.807, 2.05) is 0 Å². The fourth-order valence-corrected chi connectivity index (χ4v) is 1.53. The highest BCUT2D eigenvalue weighted by Gasteiger charge is 2.17. The third-order valence-corrected chi connectivity index (χ3v) is 2.49. The fraction of sp³-hybridized carbons (Fsp3) is 0.417. The number of rotatable bonds is 4. The van der Waals surface area contributed by atoms with Gasteiger partial charge >= 0.3 is 0 Å². The molecule has 100 valence electrons. The van der Waals surface area contributed by atoms with Gasteiger partial charge in [-0.2, -0.15) is 0 Å². The van der Waals surface area contributed by atoms with Crippen molar-refractivity contribution in [2.75, 3.05) is 14.2 Å². The van der Waals surface area contributed by atoms with E-state index in [-0.39, 0.29) is 23.8 Å². The van der Waals surface area contributed by atoms with E-state index in [4.69, 9.17) is 5.73 Å². The molecular formula is C12H16F2N2O2. The molecule has 0 radical (unpaired) electrons. The number of halogens is 2. The van der Waals surface area contributed by atoms with Crippen LogP contribution in [0.15, 0.2) is 12.1 Å². The number of amides is 1. The molecule has 0 fully saturated rings. The molecule has 0 spiro atoms. The van der Waals surface area contributed by atoms with E-state index in [2.05, 4.69) is 4.74 Å². The van der Waals surface area contributed by atoms with Gasteiger partial charge in [0, 0.05) is 25.2 Å². The first-order valence-electron chi connectivity index (χ1n) is 5.39. The summed E-state index contributed by atoms with van der Waals surface area (Å²) in [6.07, 6.45) is 0. The van der Waals surface area contributed by atoms with Crippen LogP contribution < -0.4 is 10.5 Å². The number of carbonyl (C=O) groups is 1. The standard InChI is InChI=1S/C12H16F2N2O2/c1-7(15)12(17)16(2)6-8-4-10(14)11(18-3)5-9(8)13/h4-5,7H,6,15H2,1-3H3. The maximum atomic E-state index is 13.6. The van der Waals surface area contributed by atoms with Gasteiger partial charge in [0.05, 0.1) is 13.2 Å². The molecule has 0 heterocycles. The number of methoxy groups -OCH3 is 1. The van der Waals surface area contributed by atoms with Gasteiger partial charge in [0.1, 0.15) is 5.82 Å². The first kappa shape index (κ1) is 14.4. The van der Waals surface area contributed by atoms with Gasteiger partial charge in [0.25, 0.3) is 0 Å². The van der Waals surface area contributed by atoms with Gasteiger partial charge in [-0.3, -0.25) is 4.79 Å². The summed E-state index contributed by atoms with van der Waals surface area (Å²) in [6, 6.07) is 1.29. The maximum Gasteiger partial charge on any atom is 0.239 e. The smallest absolute Gasteiger partial charge is 0.239 e. The second-order valence-electron chi connectivity index (χ2n) is 4.06. The van der Waals surface area contributed by atoms with Crippen LogP contribution in [-0.2, 0) is 11.3 Å². The molecule has 6 heteroatoms. The topological polar surface area (TPSA) is 55.6 Å². The van der Waals surface area contributed by atoms with Crippen LogP contribution >= 0.6 is 0 Å². The molecule has 1 unspecified atom stereocenters. The molecule has 2 N–H and O–H groups in total. The van der Waals surface area contributed by atoms with Crippen LogP contribution in [0.4, 0.5) is 8.78 Å². The van der Waals surface area contributed by atoms with Crippen LogP contribution in [0.3, 0.4) is 0 Å². The van der Waals surface area contributed by atoms with Gasteiger partial charge in [-0.15, -0.1) is 0 Å². The van der Waals surface area contributed by atoms with Crippen molar-refractivity contribution in [1.82, 2.24) is 4.90 Å². The van der Waals surface area contributed by atoms with Crippen molar-refractivity contribution in [1.29, 1.82) is 0 Å². The third-order valence-electron chi connectivity index (χ3n) is 2.49. The monoisotopic (exact) mass is 258 g/mol. The molecule has 0 aromatic heterocycles. The van der Waals surface area contributed by atoms with Gasteiger partial charge in [0.15, 0.2) is 11.6 Å². The summed E-state index contributed by atoms with van der Waals surface area (Å²) in [5.41, 5.74) is 5.50. The molecule has 0 aliphatic heterocycles. The number of nitrogens with zero attached hydrogens (tertiary/aromatic N) is 1. The van der Waals surface area contributed by atoms with Crippen molar-refractivity contribution in [2.24, 2.45) is 5.73 Å². The van der Waals surface area contributed by atoms with Gasteiger partial charge in [-0.1, -0.05) is 0 Å². The summed E-state index contributed by atoms with van der Waals surface area (Å²) in [6.45, 7) is 1.48. The molecule has 0 aliphatic rings. The van der Waals surface area contributed by atoms with E-state index in [0.717, 1.165) is 12.1 Å². The number of hydrogen-bond acceptors (Lipinski definition) is 3. The van der Waals surface area contributed by atoms with Crippen molar-refractivity contribution in [3.05, 3.63) is 29.3 Å². The lowest BCUT2D eigenvalue weighted by Gasteiger charge is -2.20. The molecule has 1 amide bonds. The molecule has 1 aromatic carbocycles. The van der Waals surface area contributed by atoms with E-state index >= 15 is 0 Å². The summed E-state index contributed by atoms with van der Waals surface area (Å²) in [5.74, 6) is -1.81. The Kier molecular flexibility index (Phi) is 4.61. The first-order valence-corrected chi connectivity index (χ1v) is 5.39. The van der Waals surface area contributed by atoms with Gasteiger partial charge in [0.2, 0.25) is 5.91 Å². The largest absolute Gasteiger partial charge is 0.494 e.